The van der Waals surface area contributed by atoms with E-state index in [0.717, 1.165) is 30.4 Å². The predicted molar refractivity (Wildman–Crippen MR) is 145 cm³/mol. The van der Waals surface area contributed by atoms with E-state index in [1.54, 1.807) is 0 Å². The highest BCUT2D eigenvalue weighted by atomic mass is 19.1. The molecular formula is C30H44FNO8. The number of alkyl halides is 1. The lowest BCUT2D eigenvalue weighted by Crippen LogP contribution is -2.57. The maximum Gasteiger partial charge on any atom is 0.511 e. The summed E-state index contributed by atoms with van der Waals surface area (Å²) in [6.45, 7) is 11.1. The second-order valence-corrected chi connectivity index (χ2v) is 12.2. The first-order chi connectivity index (χ1) is 18.6. The van der Waals surface area contributed by atoms with Crippen molar-refractivity contribution in [1.29, 1.82) is 0 Å². The van der Waals surface area contributed by atoms with Gasteiger partial charge in [-0.15, -0.1) is 0 Å². The maximum atomic E-state index is 14.6. The average molecular weight is 566 g/mol. The molecule has 40 heavy (non-hydrogen) atoms. The summed E-state index contributed by atoms with van der Waals surface area (Å²) in [4.78, 5) is 37.0. The van der Waals surface area contributed by atoms with Gasteiger partial charge < -0.3 is 29.8 Å². The van der Waals surface area contributed by atoms with Crippen LogP contribution < -0.4 is 5.73 Å². The van der Waals surface area contributed by atoms with Gasteiger partial charge in [0, 0.05) is 12.8 Å². The normalized spacial score (nSPS) is 29.1. The molecule has 1 aromatic rings. The number of esters is 1. The fraction of sp³-hybridized carbons (Fsp3) is 0.700. The number of nitrogens with two attached hydrogens (primary N) is 1. The van der Waals surface area contributed by atoms with Crippen molar-refractivity contribution in [2.45, 2.75) is 110 Å². The summed E-state index contributed by atoms with van der Waals surface area (Å²) in [6, 6.07) is 7.50. The zero-order valence-electron chi connectivity index (χ0n) is 24.4. The van der Waals surface area contributed by atoms with E-state index in [0.29, 0.717) is 11.8 Å². The number of hydrogen-bond acceptors (Lipinski definition) is 8. The van der Waals surface area contributed by atoms with Gasteiger partial charge in [-0.1, -0.05) is 57.0 Å². The van der Waals surface area contributed by atoms with Gasteiger partial charge in [0.15, 0.2) is 0 Å². The van der Waals surface area contributed by atoms with Crippen molar-refractivity contribution in [3.05, 3.63) is 35.4 Å². The molecule has 224 valence electrons. The molecule has 0 amide bonds. The van der Waals surface area contributed by atoms with Crippen LogP contribution in [0.1, 0.15) is 77.8 Å². The van der Waals surface area contributed by atoms with E-state index in [1.165, 1.54) is 13.8 Å². The minimum Gasteiger partial charge on any atom is -0.479 e. The van der Waals surface area contributed by atoms with Gasteiger partial charge in [0.25, 0.3) is 0 Å². The average Bonchev–Trinajstić information content (AvgIpc) is 3.53. The molecule has 8 atom stereocenters. The van der Waals surface area contributed by atoms with Crippen molar-refractivity contribution in [2.24, 2.45) is 29.4 Å². The quantitative estimate of drug-likeness (QED) is 0.256. The number of carboxylic acids is 1. The van der Waals surface area contributed by atoms with E-state index in [2.05, 4.69) is 20.8 Å². The lowest BCUT2D eigenvalue weighted by molar-refractivity contribution is -0.182. The number of halogens is 1. The van der Waals surface area contributed by atoms with E-state index in [1.807, 2.05) is 31.2 Å². The Kier molecular flexibility index (Phi) is 10.2. The van der Waals surface area contributed by atoms with Gasteiger partial charge in [0.05, 0.1) is 12.7 Å². The molecule has 0 heterocycles. The molecule has 1 unspecified atom stereocenters. The lowest BCUT2D eigenvalue weighted by atomic mass is 9.75. The number of benzene rings is 1. The summed E-state index contributed by atoms with van der Waals surface area (Å²) in [6.07, 6.45) is -1.13. The molecule has 2 aliphatic rings. The van der Waals surface area contributed by atoms with Crippen LogP contribution in [-0.2, 0) is 35.1 Å². The van der Waals surface area contributed by atoms with Crippen LogP contribution >= 0.6 is 0 Å². The molecule has 1 aromatic carbocycles. The number of aryl methyl sites for hydroxylation is 1. The van der Waals surface area contributed by atoms with Crippen molar-refractivity contribution in [2.75, 3.05) is 0 Å². The standard InChI is InChI=1S/C30H44FNO8/c1-17(2)23-12-9-19(4)13-24(23)40-28(36)39-20(5)38-27(35)29(6,32)25(14-22-15-30(22,31)26(33)34)37-16-21-10-7-18(3)8-11-21/h7-8,10-11,17,19-20,22-25H,9,12-16,32H2,1-6H3,(H,33,34)/t19-,20-,22-,23+,24-,25-,29?,30+/m1/s1. The SMILES string of the molecule is Cc1ccc(CO[C@H](C[C@@H]2C[C@@]2(F)C(=O)O)C(C)(N)C(=O)O[C@@H](C)OC(=O)O[C@@H]2C[C@H](C)CC[C@H]2C(C)C)cc1. The Bertz CT molecular complexity index is 1040. The molecule has 0 radical (unpaired) electrons. The molecule has 0 saturated heterocycles. The Balaban J connectivity index is 1.62. The Labute approximate surface area is 235 Å². The molecule has 2 fully saturated rings. The summed E-state index contributed by atoms with van der Waals surface area (Å²) in [5.41, 5.74) is 4.07. The predicted octanol–water partition coefficient (Wildman–Crippen LogP) is 5.30. The first-order valence-corrected chi connectivity index (χ1v) is 14.1. The summed E-state index contributed by atoms with van der Waals surface area (Å²) >= 11 is 0. The van der Waals surface area contributed by atoms with Gasteiger partial charge in [-0.05, 0) is 62.8 Å². The second kappa shape index (κ2) is 12.9. The van der Waals surface area contributed by atoms with Crippen LogP contribution in [0.4, 0.5) is 9.18 Å². The Hall–Kier alpha value is -2.72. The van der Waals surface area contributed by atoms with Crippen LogP contribution in [0.5, 0.6) is 0 Å². The smallest absolute Gasteiger partial charge is 0.479 e. The zero-order valence-corrected chi connectivity index (χ0v) is 24.4. The van der Waals surface area contributed by atoms with Gasteiger partial charge in [0.2, 0.25) is 12.0 Å². The highest BCUT2D eigenvalue weighted by Crippen LogP contribution is 2.51. The Morgan fingerprint density at radius 3 is 2.38 bits per heavy atom. The van der Waals surface area contributed by atoms with Crippen molar-refractivity contribution < 1.29 is 42.8 Å². The van der Waals surface area contributed by atoms with Gasteiger partial charge in [-0.2, -0.15) is 0 Å². The van der Waals surface area contributed by atoms with E-state index < -0.39 is 47.6 Å². The second-order valence-electron chi connectivity index (χ2n) is 12.2. The molecule has 0 aromatic heterocycles. The third-order valence-electron chi connectivity index (χ3n) is 8.31. The van der Waals surface area contributed by atoms with E-state index in [4.69, 9.17) is 24.7 Å². The summed E-state index contributed by atoms with van der Waals surface area (Å²) in [7, 11) is 0. The molecule has 0 bridgehead atoms. The number of rotatable bonds is 12. The summed E-state index contributed by atoms with van der Waals surface area (Å²) in [5.74, 6) is -2.37. The molecule has 3 rings (SSSR count). The molecule has 10 heteroatoms. The maximum absolute atomic E-state index is 14.6. The number of carboxylic acid groups (broad SMARTS) is 1. The third kappa shape index (κ3) is 7.94. The van der Waals surface area contributed by atoms with Gasteiger partial charge >= 0.3 is 18.1 Å². The van der Waals surface area contributed by atoms with E-state index in [9.17, 15) is 23.9 Å². The van der Waals surface area contributed by atoms with Gasteiger partial charge in [-0.3, -0.25) is 0 Å². The lowest BCUT2D eigenvalue weighted by Gasteiger charge is -2.36. The van der Waals surface area contributed by atoms with Gasteiger partial charge in [0.1, 0.15) is 11.6 Å². The van der Waals surface area contributed by atoms with Gasteiger partial charge in [-0.25, -0.2) is 18.8 Å². The minimum absolute atomic E-state index is 0.0688. The molecule has 2 aliphatic carbocycles. The van der Waals surface area contributed by atoms with E-state index >= 15 is 0 Å². The number of ether oxygens (including phenoxy) is 4. The number of carbonyl (C=O) groups is 3. The number of aliphatic carboxylic acids is 1. The van der Waals surface area contributed by atoms with Crippen LogP contribution in [0.15, 0.2) is 24.3 Å². The van der Waals surface area contributed by atoms with Crippen LogP contribution in [-0.4, -0.2) is 52.9 Å². The molecule has 0 aliphatic heterocycles. The van der Waals surface area contributed by atoms with E-state index in [-0.39, 0.29) is 31.5 Å². The summed E-state index contributed by atoms with van der Waals surface area (Å²) < 4.78 is 36.8. The topological polar surface area (TPSA) is 134 Å². The van der Waals surface area contributed by atoms with Crippen molar-refractivity contribution in [3.8, 4) is 0 Å². The highest BCUT2D eigenvalue weighted by Gasteiger charge is 2.63. The molecule has 2 saturated carbocycles. The van der Waals surface area contributed by atoms with Crippen LogP contribution in [0, 0.1) is 30.6 Å². The van der Waals surface area contributed by atoms with Crippen LogP contribution in [0.3, 0.4) is 0 Å². The largest absolute Gasteiger partial charge is 0.511 e. The first kappa shape index (κ1) is 31.8. The van der Waals surface area contributed by atoms with Crippen molar-refractivity contribution >= 4 is 18.1 Å². The highest BCUT2D eigenvalue weighted by molar-refractivity contribution is 5.82. The molecular weight excluding hydrogens is 521 g/mol. The fourth-order valence-corrected chi connectivity index (χ4v) is 5.43. The Morgan fingerprint density at radius 1 is 1.15 bits per heavy atom. The minimum atomic E-state index is -2.38. The van der Waals surface area contributed by atoms with Crippen LogP contribution in [0.25, 0.3) is 0 Å². The Morgan fingerprint density at radius 2 is 1.80 bits per heavy atom. The zero-order chi connectivity index (χ0) is 29.8. The van der Waals surface area contributed by atoms with Crippen molar-refractivity contribution in [1.82, 2.24) is 0 Å². The van der Waals surface area contributed by atoms with Crippen LogP contribution in [0.2, 0.25) is 0 Å². The molecule has 3 N–H and O–H groups in total. The molecule has 0 spiro atoms. The third-order valence-corrected chi connectivity index (χ3v) is 8.31. The fourth-order valence-electron chi connectivity index (χ4n) is 5.43. The first-order valence-electron chi connectivity index (χ1n) is 14.1. The van der Waals surface area contributed by atoms with Crippen molar-refractivity contribution in [3.63, 3.8) is 0 Å². The number of hydrogen-bond donors (Lipinski definition) is 2. The summed E-state index contributed by atoms with van der Waals surface area (Å²) in [5, 5.41) is 9.22. The molecule has 9 nitrogen and oxygen atoms in total. The monoisotopic (exact) mass is 565 g/mol. The number of carbonyl (C=O) groups excluding carboxylic acids is 2.